The fourth-order valence-corrected chi connectivity index (χ4v) is 2.89. The van der Waals surface area contributed by atoms with Gasteiger partial charge in [-0.1, -0.05) is 105 Å². The highest BCUT2D eigenvalue weighted by atomic mass is 14.2. The third kappa shape index (κ3) is 11.5. The lowest BCUT2D eigenvalue weighted by molar-refractivity contribution is 0.328. The predicted octanol–water partition coefficient (Wildman–Crippen LogP) is 7.23. The molecule has 0 heterocycles. The van der Waals surface area contributed by atoms with Crippen LogP contribution >= 0.6 is 0 Å². The molecule has 0 saturated heterocycles. The van der Waals surface area contributed by atoms with Gasteiger partial charge in [-0.25, -0.2) is 0 Å². The van der Waals surface area contributed by atoms with Crippen LogP contribution in [0.3, 0.4) is 0 Å². The molecule has 0 heteroatoms. The van der Waals surface area contributed by atoms with Gasteiger partial charge >= 0.3 is 0 Å². The minimum atomic E-state index is 0.911. The van der Waals surface area contributed by atoms with E-state index < -0.39 is 0 Å². The summed E-state index contributed by atoms with van der Waals surface area (Å²) in [6.45, 7) is 11.9. The first-order valence-corrected chi connectivity index (χ1v) is 9.11. The molecule has 0 aliphatic rings. The maximum Gasteiger partial charge on any atom is -0.0417 e. The first kappa shape index (κ1) is 19.0. The van der Waals surface area contributed by atoms with Crippen molar-refractivity contribution in [3.05, 3.63) is 0 Å². The molecule has 0 aliphatic carbocycles. The molecule has 0 nitrogen and oxygen atoms in total. The zero-order valence-corrected chi connectivity index (χ0v) is 14.5. The first-order valence-electron chi connectivity index (χ1n) is 9.11. The van der Waals surface area contributed by atoms with Crippen molar-refractivity contribution in [1.29, 1.82) is 0 Å². The molecule has 0 aromatic carbocycles. The molecule has 3 unspecified atom stereocenters. The van der Waals surface area contributed by atoms with Crippen molar-refractivity contribution in [3.8, 4) is 0 Å². The highest BCUT2D eigenvalue weighted by Gasteiger charge is 2.10. The van der Waals surface area contributed by atoms with Gasteiger partial charge in [-0.2, -0.15) is 0 Å². The third-order valence-electron chi connectivity index (χ3n) is 5.02. The second kappa shape index (κ2) is 13.0. The summed E-state index contributed by atoms with van der Waals surface area (Å²) in [5.41, 5.74) is 0. The Morgan fingerprint density at radius 1 is 0.579 bits per heavy atom. The lowest BCUT2D eigenvalue weighted by Gasteiger charge is -2.19. The van der Waals surface area contributed by atoms with Crippen LogP contribution in [-0.2, 0) is 0 Å². The average Bonchev–Trinajstić information content (AvgIpc) is 2.41. The quantitative estimate of drug-likeness (QED) is 0.309. The number of hydrogen-bond donors (Lipinski definition) is 0. The minimum Gasteiger partial charge on any atom is -0.0654 e. The van der Waals surface area contributed by atoms with Gasteiger partial charge < -0.3 is 0 Å². The maximum atomic E-state index is 2.46. The normalized spacial score (nSPS) is 16.3. The minimum absolute atomic E-state index is 0.911. The van der Waals surface area contributed by atoms with E-state index in [0.717, 1.165) is 17.8 Å². The van der Waals surface area contributed by atoms with Crippen molar-refractivity contribution >= 4 is 0 Å². The highest BCUT2D eigenvalue weighted by Crippen LogP contribution is 2.23. The van der Waals surface area contributed by atoms with Crippen LogP contribution in [0.5, 0.6) is 0 Å². The highest BCUT2D eigenvalue weighted by molar-refractivity contribution is 4.62. The molecule has 0 spiro atoms. The van der Waals surface area contributed by atoms with Gasteiger partial charge in [0.25, 0.3) is 0 Å². The summed E-state index contributed by atoms with van der Waals surface area (Å²) >= 11 is 0. The summed E-state index contributed by atoms with van der Waals surface area (Å²) in [5.74, 6) is 2.79. The van der Waals surface area contributed by atoms with Crippen LogP contribution in [0.4, 0.5) is 0 Å². The molecule has 0 aromatic heterocycles. The van der Waals surface area contributed by atoms with Gasteiger partial charge in [0.05, 0.1) is 0 Å². The summed E-state index contributed by atoms with van der Waals surface area (Å²) in [4.78, 5) is 0. The summed E-state index contributed by atoms with van der Waals surface area (Å²) < 4.78 is 0. The molecule has 3 atom stereocenters. The van der Waals surface area contributed by atoms with Crippen molar-refractivity contribution in [2.24, 2.45) is 17.8 Å². The van der Waals surface area contributed by atoms with Crippen molar-refractivity contribution in [2.75, 3.05) is 0 Å². The fourth-order valence-electron chi connectivity index (χ4n) is 2.89. The predicted molar refractivity (Wildman–Crippen MR) is 89.6 cm³/mol. The Kier molecular flexibility index (Phi) is 13.0. The Bertz CT molecular complexity index is 173. The van der Waals surface area contributed by atoms with Gasteiger partial charge in [0.15, 0.2) is 0 Å². The summed E-state index contributed by atoms with van der Waals surface area (Å²) in [6.07, 6.45) is 15.8. The molecule has 0 bridgehead atoms. The SMILES string of the molecule is CCCCCCCCC(C)CCCC(C)C(C)CC. The fraction of sp³-hybridized carbons (Fsp3) is 1.00. The van der Waals surface area contributed by atoms with Crippen LogP contribution in [0, 0.1) is 17.8 Å². The molecule has 0 fully saturated rings. The van der Waals surface area contributed by atoms with E-state index >= 15 is 0 Å². The molecule has 0 saturated carbocycles. The lowest BCUT2D eigenvalue weighted by Crippen LogP contribution is -2.07. The maximum absolute atomic E-state index is 2.46. The van der Waals surface area contributed by atoms with Gasteiger partial charge in [0.2, 0.25) is 0 Å². The molecule has 0 rings (SSSR count). The van der Waals surface area contributed by atoms with Crippen LogP contribution < -0.4 is 0 Å². The van der Waals surface area contributed by atoms with Crippen LogP contribution in [0.2, 0.25) is 0 Å². The van der Waals surface area contributed by atoms with Gasteiger partial charge in [-0.15, -0.1) is 0 Å². The Balaban J connectivity index is 3.36. The molecule has 19 heavy (non-hydrogen) atoms. The van der Waals surface area contributed by atoms with E-state index in [1.54, 1.807) is 0 Å². The van der Waals surface area contributed by atoms with Gasteiger partial charge in [-0.05, 0) is 17.8 Å². The zero-order chi connectivity index (χ0) is 14.5. The summed E-state index contributed by atoms with van der Waals surface area (Å²) in [5, 5.41) is 0. The topological polar surface area (TPSA) is 0 Å². The van der Waals surface area contributed by atoms with E-state index in [1.807, 2.05) is 0 Å². The number of unbranched alkanes of at least 4 members (excludes halogenated alkanes) is 5. The van der Waals surface area contributed by atoms with Gasteiger partial charge in [0.1, 0.15) is 0 Å². The molecule has 0 aliphatic heterocycles. The Labute approximate surface area is 123 Å². The summed E-state index contributed by atoms with van der Waals surface area (Å²) in [7, 11) is 0. The largest absolute Gasteiger partial charge is 0.0654 e. The van der Waals surface area contributed by atoms with E-state index in [2.05, 4.69) is 34.6 Å². The second-order valence-corrected chi connectivity index (χ2v) is 6.96. The zero-order valence-electron chi connectivity index (χ0n) is 14.5. The molecule has 0 radical (unpaired) electrons. The van der Waals surface area contributed by atoms with Crippen molar-refractivity contribution < 1.29 is 0 Å². The summed E-state index contributed by atoms with van der Waals surface area (Å²) in [6, 6.07) is 0. The van der Waals surface area contributed by atoms with Gasteiger partial charge in [-0.3, -0.25) is 0 Å². The lowest BCUT2D eigenvalue weighted by atomic mass is 9.87. The Hall–Kier alpha value is 0. The third-order valence-corrected chi connectivity index (χ3v) is 5.02. The molecule has 0 aromatic rings. The van der Waals surface area contributed by atoms with Crippen LogP contribution in [-0.4, -0.2) is 0 Å². The molecular formula is C19H40. The van der Waals surface area contributed by atoms with Gasteiger partial charge in [0, 0.05) is 0 Å². The van der Waals surface area contributed by atoms with Crippen molar-refractivity contribution in [1.82, 2.24) is 0 Å². The van der Waals surface area contributed by atoms with E-state index in [1.165, 1.54) is 70.6 Å². The number of hydrogen-bond acceptors (Lipinski definition) is 0. The Morgan fingerprint density at radius 2 is 1.16 bits per heavy atom. The van der Waals surface area contributed by atoms with Crippen LogP contribution in [0.15, 0.2) is 0 Å². The van der Waals surface area contributed by atoms with Crippen LogP contribution in [0.25, 0.3) is 0 Å². The van der Waals surface area contributed by atoms with Crippen molar-refractivity contribution in [2.45, 2.75) is 105 Å². The number of rotatable bonds is 13. The first-order chi connectivity index (χ1) is 9.11. The second-order valence-electron chi connectivity index (χ2n) is 6.96. The molecular weight excluding hydrogens is 228 g/mol. The molecule has 0 amide bonds. The van der Waals surface area contributed by atoms with E-state index in [-0.39, 0.29) is 0 Å². The van der Waals surface area contributed by atoms with E-state index in [4.69, 9.17) is 0 Å². The van der Waals surface area contributed by atoms with Crippen molar-refractivity contribution in [3.63, 3.8) is 0 Å². The van der Waals surface area contributed by atoms with E-state index in [9.17, 15) is 0 Å². The monoisotopic (exact) mass is 268 g/mol. The average molecular weight is 269 g/mol. The molecule has 0 N–H and O–H groups in total. The standard InChI is InChI=1S/C19H40/c1-6-8-9-10-11-12-14-17(3)15-13-16-19(5)18(4)7-2/h17-19H,6-16H2,1-5H3. The smallest absolute Gasteiger partial charge is 0.0417 e. The van der Waals surface area contributed by atoms with Crippen LogP contribution in [0.1, 0.15) is 105 Å². The van der Waals surface area contributed by atoms with E-state index in [0.29, 0.717) is 0 Å². The Morgan fingerprint density at radius 3 is 1.79 bits per heavy atom. The molecule has 116 valence electrons.